The summed E-state index contributed by atoms with van der Waals surface area (Å²) in [7, 11) is 1.57. The minimum atomic E-state index is 0.320. The van der Waals surface area contributed by atoms with E-state index in [2.05, 4.69) is 29.1 Å². The normalized spacial score (nSPS) is 11.8. The monoisotopic (exact) mass is 338 g/mol. The van der Waals surface area contributed by atoms with Crippen LogP contribution in [0, 0.1) is 0 Å². The molecule has 7 heteroatoms. The first-order valence-corrected chi connectivity index (χ1v) is 8.10. The van der Waals surface area contributed by atoms with Crippen molar-refractivity contribution in [2.75, 3.05) is 12.4 Å². The number of hydrogen-bond donors (Lipinski definition) is 2. The molecule has 22 heavy (non-hydrogen) atoms. The molecule has 1 aromatic heterocycles. The van der Waals surface area contributed by atoms with Gasteiger partial charge in [0.2, 0.25) is 0 Å². The van der Waals surface area contributed by atoms with Crippen LogP contribution in [0.15, 0.2) is 28.6 Å². The Hall–Kier alpha value is -1.79. The van der Waals surface area contributed by atoms with E-state index in [-0.39, 0.29) is 0 Å². The quantitative estimate of drug-likeness (QED) is 0.641. The largest absolute Gasteiger partial charge is 0.495 e. The van der Waals surface area contributed by atoms with Crippen molar-refractivity contribution in [2.24, 2.45) is 10.7 Å². The number of anilines is 1. The smallest absolute Gasteiger partial charge is 0.193 e. The van der Waals surface area contributed by atoms with Crippen LogP contribution in [0.25, 0.3) is 0 Å². The third kappa shape index (κ3) is 4.35. The molecule has 0 aliphatic rings. The first kappa shape index (κ1) is 16.6. The van der Waals surface area contributed by atoms with E-state index in [9.17, 15) is 0 Å². The maximum atomic E-state index is 6.06. The average Bonchev–Trinajstić information content (AvgIpc) is 2.94. The second kappa shape index (κ2) is 7.47. The number of nitrogens with zero attached hydrogens (tertiary/aromatic N) is 2. The number of nitrogens with one attached hydrogen (secondary N) is 1. The van der Waals surface area contributed by atoms with Gasteiger partial charge in [-0.1, -0.05) is 25.4 Å². The number of hydrogen-bond acceptors (Lipinski definition) is 4. The van der Waals surface area contributed by atoms with Crippen LogP contribution in [0.5, 0.6) is 5.75 Å². The van der Waals surface area contributed by atoms with Crippen molar-refractivity contribution in [2.45, 2.75) is 26.3 Å². The molecule has 0 aliphatic carbocycles. The molecule has 0 amide bonds. The Morgan fingerprint density at radius 2 is 2.27 bits per heavy atom. The van der Waals surface area contributed by atoms with E-state index in [1.807, 2.05) is 11.4 Å². The molecule has 0 aliphatic heterocycles. The van der Waals surface area contributed by atoms with Crippen LogP contribution < -0.4 is 15.8 Å². The lowest BCUT2D eigenvalue weighted by atomic mass is 10.2. The van der Waals surface area contributed by atoms with Gasteiger partial charge in [0, 0.05) is 17.0 Å². The molecule has 0 saturated carbocycles. The zero-order chi connectivity index (χ0) is 16.1. The van der Waals surface area contributed by atoms with Crippen LogP contribution in [0.4, 0.5) is 5.69 Å². The Morgan fingerprint density at radius 1 is 1.50 bits per heavy atom. The van der Waals surface area contributed by atoms with E-state index < -0.39 is 0 Å². The molecule has 0 radical (unpaired) electrons. The number of benzene rings is 1. The molecule has 1 heterocycles. The second-order valence-corrected chi connectivity index (χ2v) is 6.30. The van der Waals surface area contributed by atoms with Gasteiger partial charge in [-0.25, -0.2) is 9.98 Å². The van der Waals surface area contributed by atoms with Gasteiger partial charge in [0.15, 0.2) is 5.96 Å². The first-order valence-electron chi connectivity index (χ1n) is 6.84. The average molecular weight is 339 g/mol. The van der Waals surface area contributed by atoms with Gasteiger partial charge in [0.25, 0.3) is 0 Å². The summed E-state index contributed by atoms with van der Waals surface area (Å²) in [5.74, 6) is 1.37. The molecular weight excluding hydrogens is 320 g/mol. The number of guanidine groups is 1. The molecule has 2 rings (SSSR count). The lowest BCUT2D eigenvalue weighted by molar-refractivity contribution is 0.415. The summed E-state index contributed by atoms with van der Waals surface area (Å²) in [4.78, 5) is 8.80. The molecule has 1 aromatic carbocycles. The number of methoxy groups -OCH3 is 1. The fourth-order valence-corrected chi connectivity index (χ4v) is 2.84. The predicted molar refractivity (Wildman–Crippen MR) is 93.2 cm³/mol. The van der Waals surface area contributed by atoms with Gasteiger partial charge in [-0.2, -0.15) is 0 Å². The third-order valence-corrected chi connectivity index (χ3v) is 4.39. The fraction of sp³-hybridized carbons (Fsp3) is 0.333. The summed E-state index contributed by atoms with van der Waals surface area (Å²) < 4.78 is 5.10. The Bertz CT molecular complexity index is 669. The van der Waals surface area contributed by atoms with E-state index in [0.29, 0.717) is 29.2 Å². The minimum absolute atomic E-state index is 0.320. The van der Waals surface area contributed by atoms with Crippen molar-refractivity contribution < 1.29 is 4.74 Å². The number of aliphatic imine (C=N–C) groups is 1. The number of thiazole rings is 1. The summed E-state index contributed by atoms with van der Waals surface area (Å²) in [6, 6.07) is 5.34. The fourth-order valence-electron chi connectivity index (χ4n) is 1.76. The summed E-state index contributed by atoms with van der Waals surface area (Å²) in [5, 5.41) is 6.63. The molecule has 0 bridgehead atoms. The maximum Gasteiger partial charge on any atom is 0.193 e. The SMILES string of the molecule is COc1ccc(NC(N)=NCc2csc(C(C)C)n2)cc1Cl. The lowest BCUT2D eigenvalue weighted by Crippen LogP contribution is -2.22. The minimum Gasteiger partial charge on any atom is -0.495 e. The predicted octanol–water partition coefficient (Wildman–Crippen LogP) is 3.86. The van der Waals surface area contributed by atoms with Crippen LogP contribution in [-0.2, 0) is 6.54 Å². The highest BCUT2D eigenvalue weighted by Crippen LogP contribution is 2.27. The highest BCUT2D eigenvalue weighted by Gasteiger charge is 2.06. The molecule has 0 atom stereocenters. The van der Waals surface area contributed by atoms with Gasteiger partial charge in [-0.3, -0.25) is 0 Å². The number of ether oxygens (including phenoxy) is 1. The van der Waals surface area contributed by atoms with Gasteiger partial charge in [-0.05, 0) is 18.2 Å². The van der Waals surface area contributed by atoms with E-state index in [1.165, 1.54) is 0 Å². The Morgan fingerprint density at radius 3 is 2.86 bits per heavy atom. The van der Waals surface area contributed by atoms with E-state index in [4.69, 9.17) is 22.1 Å². The Kier molecular flexibility index (Phi) is 5.63. The topological polar surface area (TPSA) is 72.5 Å². The van der Waals surface area contributed by atoms with Gasteiger partial charge < -0.3 is 15.8 Å². The second-order valence-electron chi connectivity index (χ2n) is 5.01. The van der Waals surface area contributed by atoms with Crippen LogP contribution in [0.3, 0.4) is 0 Å². The molecule has 5 nitrogen and oxygen atoms in total. The van der Waals surface area contributed by atoms with Gasteiger partial charge in [0.1, 0.15) is 5.75 Å². The van der Waals surface area contributed by atoms with Crippen LogP contribution in [-0.4, -0.2) is 18.1 Å². The maximum absolute atomic E-state index is 6.06. The number of rotatable bonds is 5. The molecule has 0 saturated heterocycles. The molecule has 0 fully saturated rings. The lowest BCUT2D eigenvalue weighted by Gasteiger charge is -2.08. The summed E-state index contributed by atoms with van der Waals surface area (Å²) in [5.41, 5.74) is 7.56. The van der Waals surface area contributed by atoms with E-state index >= 15 is 0 Å². The molecule has 3 N–H and O–H groups in total. The molecule has 0 spiro atoms. The van der Waals surface area contributed by atoms with Gasteiger partial charge >= 0.3 is 0 Å². The van der Waals surface area contributed by atoms with Gasteiger partial charge in [-0.15, -0.1) is 11.3 Å². The summed E-state index contributed by atoms with van der Waals surface area (Å²) >= 11 is 7.71. The van der Waals surface area contributed by atoms with Gasteiger partial charge in [0.05, 0.1) is 29.4 Å². The van der Waals surface area contributed by atoms with Crippen molar-refractivity contribution in [3.63, 3.8) is 0 Å². The Labute approximate surface area is 139 Å². The van der Waals surface area contributed by atoms with Crippen molar-refractivity contribution in [1.82, 2.24) is 4.98 Å². The first-order chi connectivity index (χ1) is 10.5. The van der Waals surface area contributed by atoms with Crippen LogP contribution >= 0.6 is 22.9 Å². The standard InChI is InChI=1S/C15H19ClN4OS/c1-9(2)14-19-11(8-22-14)7-18-15(17)20-10-4-5-13(21-3)12(16)6-10/h4-6,8-9H,7H2,1-3H3,(H3,17,18,20). The zero-order valence-electron chi connectivity index (χ0n) is 12.8. The highest BCUT2D eigenvalue weighted by molar-refractivity contribution is 7.09. The third-order valence-electron chi connectivity index (χ3n) is 2.90. The summed E-state index contributed by atoms with van der Waals surface area (Å²) in [6.07, 6.45) is 0. The highest BCUT2D eigenvalue weighted by atomic mass is 35.5. The van der Waals surface area contributed by atoms with Crippen LogP contribution in [0.2, 0.25) is 5.02 Å². The van der Waals surface area contributed by atoms with Crippen molar-refractivity contribution in [3.8, 4) is 5.75 Å². The molecule has 0 unspecified atom stereocenters. The van der Waals surface area contributed by atoms with Crippen LogP contribution in [0.1, 0.15) is 30.5 Å². The van der Waals surface area contributed by atoms with E-state index in [0.717, 1.165) is 16.4 Å². The number of aromatic nitrogens is 1. The molecular formula is C15H19ClN4OS. The van der Waals surface area contributed by atoms with Crippen molar-refractivity contribution >= 4 is 34.6 Å². The molecule has 2 aromatic rings. The molecule has 118 valence electrons. The zero-order valence-corrected chi connectivity index (χ0v) is 14.3. The van der Waals surface area contributed by atoms with Crippen molar-refractivity contribution in [3.05, 3.63) is 39.3 Å². The van der Waals surface area contributed by atoms with Crippen molar-refractivity contribution in [1.29, 1.82) is 0 Å². The van der Waals surface area contributed by atoms with E-state index in [1.54, 1.807) is 30.6 Å². The number of halogens is 1. The number of nitrogens with two attached hydrogens (primary N) is 1. The summed E-state index contributed by atoms with van der Waals surface area (Å²) in [6.45, 7) is 4.69. The Balaban J connectivity index is 1.98.